The number of likely N-dealkylation sites (N-methyl/N-ethyl adjacent to an activating group) is 1. The first-order chi connectivity index (χ1) is 6.81. The Morgan fingerprint density at radius 1 is 1.50 bits per heavy atom. The number of nitrogens with one attached hydrogen (secondary N) is 1. The van der Waals surface area contributed by atoms with Crippen molar-refractivity contribution < 1.29 is 8.91 Å². The predicted octanol–water partition coefficient (Wildman–Crippen LogP) is 1.73. The highest BCUT2D eigenvalue weighted by Gasteiger charge is 2.07. The van der Waals surface area contributed by atoms with Crippen molar-refractivity contribution in [2.75, 3.05) is 13.6 Å². The summed E-state index contributed by atoms with van der Waals surface area (Å²) in [7, 11) is 1.87. The average molecular weight is 194 g/mol. The Balaban J connectivity index is 2.37. The maximum atomic E-state index is 12.8. The van der Waals surface area contributed by atoms with Gasteiger partial charge in [-0.15, -0.1) is 0 Å². The van der Waals surface area contributed by atoms with Crippen molar-refractivity contribution in [2.24, 2.45) is 0 Å². The van der Waals surface area contributed by atoms with Crippen LogP contribution < -0.4 is 5.32 Å². The van der Waals surface area contributed by atoms with E-state index in [4.69, 9.17) is 4.52 Å². The number of hydrogen-bond donors (Lipinski definition) is 1. The van der Waals surface area contributed by atoms with Crippen molar-refractivity contribution in [3.63, 3.8) is 0 Å². The van der Waals surface area contributed by atoms with Gasteiger partial charge in [0.25, 0.3) is 0 Å². The molecule has 0 aliphatic carbocycles. The first-order valence-corrected chi connectivity index (χ1v) is 4.49. The van der Waals surface area contributed by atoms with E-state index in [0.717, 1.165) is 24.1 Å². The third-order valence-electron chi connectivity index (χ3n) is 2.12. The first kappa shape index (κ1) is 9.15. The van der Waals surface area contributed by atoms with Crippen molar-refractivity contribution in [3.8, 4) is 0 Å². The molecule has 0 amide bonds. The van der Waals surface area contributed by atoms with Gasteiger partial charge in [-0.1, -0.05) is 5.16 Å². The van der Waals surface area contributed by atoms with E-state index in [0.29, 0.717) is 5.52 Å². The highest BCUT2D eigenvalue weighted by atomic mass is 19.1. The summed E-state index contributed by atoms with van der Waals surface area (Å²) >= 11 is 0. The van der Waals surface area contributed by atoms with Crippen molar-refractivity contribution in [3.05, 3.63) is 29.8 Å². The Bertz CT molecular complexity index is 439. The molecule has 0 saturated carbocycles. The van der Waals surface area contributed by atoms with Crippen LogP contribution in [0.15, 0.2) is 22.7 Å². The van der Waals surface area contributed by atoms with Gasteiger partial charge >= 0.3 is 0 Å². The molecule has 0 aliphatic heterocycles. The number of hydrogen-bond acceptors (Lipinski definition) is 3. The molecule has 0 bridgehead atoms. The Hall–Kier alpha value is -1.42. The van der Waals surface area contributed by atoms with E-state index in [9.17, 15) is 4.39 Å². The van der Waals surface area contributed by atoms with Crippen molar-refractivity contribution in [1.29, 1.82) is 0 Å². The van der Waals surface area contributed by atoms with Crippen LogP contribution in [0.25, 0.3) is 10.9 Å². The summed E-state index contributed by atoms with van der Waals surface area (Å²) in [6, 6.07) is 4.50. The number of nitrogens with zero attached hydrogens (tertiary/aromatic N) is 1. The molecule has 2 rings (SSSR count). The molecule has 0 spiro atoms. The van der Waals surface area contributed by atoms with Crippen LogP contribution >= 0.6 is 0 Å². The molecule has 0 aliphatic rings. The van der Waals surface area contributed by atoms with Gasteiger partial charge < -0.3 is 9.84 Å². The second kappa shape index (κ2) is 3.75. The molecule has 1 aromatic heterocycles. The molecule has 1 N–H and O–H groups in total. The van der Waals surface area contributed by atoms with E-state index in [1.165, 1.54) is 12.1 Å². The minimum absolute atomic E-state index is 0.286. The minimum atomic E-state index is -0.286. The molecule has 1 heterocycles. The summed E-state index contributed by atoms with van der Waals surface area (Å²) in [6.07, 6.45) is 0.763. The van der Waals surface area contributed by atoms with E-state index >= 15 is 0 Å². The highest BCUT2D eigenvalue weighted by molar-refractivity contribution is 5.80. The molecule has 2 aromatic rings. The summed E-state index contributed by atoms with van der Waals surface area (Å²) in [5, 5.41) is 7.70. The van der Waals surface area contributed by atoms with Gasteiger partial charge in [-0.25, -0.2) is 4.39 Å². The lowest BCUT2D eigenvalue weighted by Gasteiger charge is -1.94. The van der Waals surface area contributed by atoms with E-state index in [2.05, 4.69) is 10.5 Å². The molecule has 0 unspecified atom stereocenters. The SMILES string of the molecule is CNCCc1onc2cc(F)ccc12. The van der Waals surface area contributed by atoms with Crippen LogP contribution in [0.1, 0.15) is 5.76 Å². The molecule has 3 nitrogen and oxygen atoms in total. The van der Waals surface area contributed by atoms with Crippen molar-refractivity contribution >= 4 is 10.9 Å². The van der Waals surface area contributed by atoms with Gasteiger partial charge in [0.2, 0.25) is 0 Å². The second-order valence-corrected chi connectivity index (χ2v) is 3.12. The van der Waals surface area contributed by atoms with Gasteiger partial charge in [0.1, 0.15) is 17.1 Å². The van der Waals surface area contributed by atoms with Gasteiger partial charge in [-0.2, -0.15) is 0 Å². The second-order valence-electron chi connectivity index (χ2n) is 3.12. The standard InChI is InChI=1S/C10H11FN2O/c1-12-5-4-10-8-3-2-7(11)6-9(8)13-14-10/h2-3,6,12H,4-5H2,1H3. The summed E-state index contributed by atoms with van der Waals surface area (Å²) < 4.78 is 17.9. The molecule has 1 aromatic carbocycles. The lowest BCUT2D eigenvalue weighted by atomic mass is 10.2. The van der Waals surface area contributed by atoms with E-state index in [-0.39, 0.29) is 5.82 Å². The predicted molar refractivity (Wildman–Crippen MR) is 51.6 cm³/mol. The van der Waals surface area contributed by atoms with Crippen LogP contribution in [0, 0.1) is 5.82 Å². The maximum Gasteiger partial charge on any atom is 0.145 e. The van der Waals surface area contributed by atoms with Gasteiger partial charge in [-0.05, 0) is 19.2 Å². The van der Waals surface area contributed by atoms with Crippen LogP contribution in [0.2, 0.25) is 0 Å². The first-order valence-electron chi connectivity index (χ1n) is 4.49. The van der Waals surface area contributed by atoms with Crippen molar-refractivity contribution in [1.82, 2.24) is 10.5 Å². The summed E-state index contributed by atoms with van der Waals surface area (Å²) in [6.45, 7) is 0.821. The fourth-order valence-corrected chi connectivity index (χ4v) is 1.39. The lowest BCUT2D eigenvalue weighted by Crippen LogP contribution is -2.09. The number of halogens is 1. The highest BCUT2D eigenvalue weighted by Crippen LogP contribution is 2.19. The Kier molecular flexibility index (Phi) is 2.45. The monoisotopic (exact) mass is 194 g/mol. The van der Waals surface area contributed by atoms with Gasteiger partial charge in [0.15, 0.2) is 0 Å². The van der Waals surface area contributed by atoms with Gasteiger partial charge in [-0.3, -0.25) is 0 Å². The van der Waals surface area contributed by atoms with Crippen LogP contribution in [0.4, 0.5) is 4.39 Å². The van der Waals surface area contributed by atoms with Crippen molar-refractivity contribution in [2.45, 2.75) is 6.42 Å². The number of aromatic nitrogens is 1. The Labute approximate surface area is 80.9 Å². The largest absolute Gasteiger partial charge is 0.360 e. The van der Waals surface area contributed by atoms with Crippen LogP contribution in [0.3, 0.4) is 0 Å². The summed E-state index contributed by atoms with van der Waals surface area (Å²) in [4.78, 5) is 0. The third-order valence-corrected chi connectivity index (χ3v) is 2.12. The zero-order valence-electron chi connectivity index (χ0n) is 7.88. The van der Waals surface area contributed by atoms with E-state index in [1.54, 1.807) is 6.07 Å². The number of fused-ring (bicyclic) bond motifs is 1. The average Bonchev–Trinajstić information content (AvgIpc) is 2.57. The topological polar surface area (TPSA) is 38.1 Å². The Morgan fingerprint density at radius 3 is 3.14 bits per heavy atom. The molecular weight excluding hydrogens is 183 g/mol. The molecule has 0 atom stereocenters. The fraction of sp³-hybridized carbons (Fsp3) is 0.300. The molecule has 14 heavy (non-hydrogen) atoms. The van der Waals surface area contributed by atoms with E-state index in [1.807, 2.05) is 7.05 Å². The normalized spacial score (nSPS) is 11.0. The smallest absolute Gasteiger partial charge is 0.145 e. The molecule has 0 saturated heterocycles. The molecule has 4 heteroatoms. The quantitative estimate of drug-likeness (QED) is 0.808. The summed E-state index contributed by atoms with van der Waals surface area (Å²) in [5.41, 5.74) is 0.580. The zero-order chi connectivity index (χ0) is 9.97. The summed E-state index contributed by atoms with van der Waals surface area (Å²) in [5.74, 6) is 0.514. The Morgan fingerprint density at radius 2 is 2.36 bits per heavy atom. The van der Waals surface area contributed by atoms with E-state index < -0.39 is 0 Å². The fourth-order valence-electron chi connectivity index (χ4n) is 1.39. The maximum absolute atomic E-state index is 12.8. The van der Waals surface area contributed by atoms with Crippen LogP contribution in [-0.4, -0.2) is 18.7 Å². The molecule has 0 fully saturated rings. The number of rotatable bonds is 3. The lowest BCUT2D eigenvalue weighted by molar-refractivity contribution is 0.390. The zero-order valence-corrected chi connectivity index (χ0v) is 7.88. The van der Waals surface area contributed by atoms with Crippen LogP contribution in [-0.2, 0) is 6.42 Å². The third kappa shape index (κ3) is 1.61. The number of benzene rings is 1. The molecular formula is C10H11FN2O. The van der Waals surface area contributed by atoms with Gasteiger partial charge in [0, 0.05) is 24.4 Å². The molecule has 0 radical (unpaired) electrons. The van der Waals surface area contributed by atoms with Crippen LogP contribution in [0.5, 0.6) is 0 Å². The van der Waals surface area contributed by atoms with Gasteiger partial charge in [0.05, 0.1) is 0 Å². The molecule has 74 valence electrons. The minimum Gasteiger partial charge on any atom is -0.360 e.